The van der Waals surface area contributed by atoms with E-state index >= 15 is 0 Å². The van der Waals surface area contributed by atoms with Gasteiger partial charge in [0.05, 0.1) is 12.1 Å². The van der Waals surface area contributed by atoms with Crippen LogP contribution >= 0.6 is 0 Å². The van der Waals surface area contributed by atoms with Gasteiger partial charge in [0.2, 0.25) is 5.91 Å². The summed E-state index contributed by atoms with van der Waals surface area (Å²) in [6, 6.07) is 0.200. The van der Waals surface area contributed by atoms with Crippen LogP contribution in [0.3, 0.4) is 0 Å². The molecule has 0 radical (unpaired) electrons. The minimum atomic E-state index is 0.0185. The quantitative estimate of drug-likeness (QED) is 0.911. The molecule has 2 aliphatic rings. The average molecular weight is 326 g/mol. The molecule has 7 heteroatoms. The molecule has 1 amide bonds. The molecule has 0 spiro atoms. The molecule has 1 N–H and O–H groups in total. The highest BCUT2D eigenvalue weighted by atomic mass is 16.2. The molecule has 2 aromatic heterocycles. The van der Waals surface area contributed by atoms with Crippen molar-refractivity contribution in [3.63, 3.8) is 0 Å². The average Bonchev–Trinajstić information content (AvgIpc) is 3.10. The number of nitrogens with zero attached hydrogens (tertiary/aromatic N) is 5. The van der Waals surface area contributed by atoms with Crippen molar-refractivity contribution in [3.8, 4) is 0 Å². The summed E-state index contributed by atoms with van der Waals surface area (Å²) in [5.41, 5.74) is 0. The summed E-state index contributed by atoms with van der Waals surface area (Å²) in [6.07, 6.45) is 12.8. The van der Waals surface area contributed by atoms with Gasteiger partial charge in [0.25, 0.3) is 0 Å². The molecule has 0 aromatic carbocycles. The van der Waals surface area contributed by atoms with Crippen molar-refractivity contribution >= 4 is 11.7 Å². The maximum atomic E-state index is 12.7. The first-order valence-corrected chi connectivity index (χ1v) is 8.61. The molecule has 0 unspecified atom stereocenters. The van der Waals surface area contributed by atoms with Crippen molar-refractivity contribution < 1.29 is 4.79 Å². The second-order valence-electron chi connectivity index (χ2n) is 6.59. The Labute approximate surface area is 141 Å². The highest BCUT2D eigenvalue weighted by molar-refractivity contribution is 5.79. The van der Waals surface area contributed by atoms with Gasteiger partial charge in [-0.3, -0.25) is 9.78 Å². The van der Waals surface area contributed by atoms with Crippen LogP contribution in [0.5, 0.6) is 0 Å². The largest absolute Gasteiger partial charge is 0.355 e. The number of amides is 1. The van der Waals surface area contributed by atoms with E-state index in [1.165, 1.54) is 0 Å². The molecule has 126 valence electrons. The first-order chi connectivity index (χ1) is 11.8. The molecular formula is C17H22N6O. The van der Waals surface area contributed by atoms with Gasteiger partial charge in [-0.25, -0.2) is 9.97 Å². The van der Waals surface area contributed by atoms with Gasteiger partial charge in [-0.05, 0) is 19.3 Å². The highest BCUT2D eigenvalue weighted by Crippen LogP contribution is 2.22. The zero-order chi connectivity index (χ0) is 16.4. The van der Waals surface area contributed by atoms with E-state index in [-0.39, 0.29) is 17.9 Å². The van der Waals surface area contributed by atoms with E-state index in [0.29, 0.717) is 6.54 Å². The number of nitrogens with one attached hydrogen (secondary N) is 1. The molecule has 4 heterocycles. The number of hydrogen-bond acceptors (Lipinski definition) is 5. The molecule has 2 aromatic rings. The third-order valence-corrected chi connectivity index (χ3v) is 4.95. The molecule has 0 bridgehead atoms. The van der Waals surface area contributed by atoms with E-state index in [0.717, 1.165) is 50.4 Å². The molecule has 24 heavy (non-hydrogen) atoms. The number of fused-ring (bicyclic) bond motifs is 1. The van der Waals surface area contributed by atoms with Gasteiger partial charge in [-0.15, -0.1) is 0 Å². The van der Waals surface area contributed by atoms with Crippen LogP contribution in [0.2, 0.25) is 0 Å². The summed E-state index contributed by atoms with van der Waals surface area (Å²) >= 11 is 0. The van der Waals surface area contributed by atoms with Crippen molar-refractivity contribution in [1.29, 1.82) is 0 Å². The van der Waals surface area contributed by atoms with E-state index in [1.54, 1.807) is 18.6 Å². The summed E-state index contributed by atoms with van der Waals surface area (Å²) in [5.74, 6) is 2.16. The second-order valence-corrected chi connectivity index (χ2v) is 6.59. The molecule has 1 saturated heterocycles. The van der Waals surface area contributed by atoms with Crippen molar-refractivity contribution in [3.05, 3.63) is 36.8 Å². The summed E-state index contributed by atoms with van der Waals surface area (Å²) in [5, 5.41) is 3.24. The van der Waals surface area contributed by atoms with Crippen molar-refractivity contribution in [1.82, 2.24) is 24.8 Å². The first kappa shape index (κ1) is 15.1. The number of carbonyl (C=O) groups is 1. The molecule has 2 atom stereocenters. The number of aryl methyl sites for hydroxylation is 1. The van der Waals surface area contributed by atoms with Gasteiger partial charge in [-0.2, -0.15) is 0 Å². The van der Waals surface area contributed by atoms with Gasteiger partial charge in [0.15, 0.2) is 0 Å². The van der Waals surface area contributed by atoms with Crippen molar-refractivity contribution in [2.24, 2.45) is 5.92 Å². The number of aromatic nitrogens is 4. The molecule has 4 rings (SSSR count). The van der Waals surface area contributed by atoms with Gasteiger partial charge in [0, 0.05) is 56.9 Å². The van der Waals surface area contributed by atoms with Crippen LogP contribution in [-0.2, 0) is 17.8 Å². The Morgan fingerprint density at radius 1 is 1.17 bits per heavy atom. The fourth-order valence-electron chi connectivity index (χ4n) is 3.66. The lowest BCUT2D eigenvalue weighted by Gasteiger charge is -2.34. The zero-order valence-electron chi connectivity index (χ0n) is 13.6. The van der Waals surface area contributed by atoms with E-state index in [9.17, 15) is 4.79 Å². The monoisotopic (exact) mass is 326 g/mol. The summed E-state index contributed by atoms with van der Waals surface area (Å²) in [6.45, 7) is 2.47. The number of hydrogen-bond donors (Lipinski definition) is 1. The third kappa shape index (κ3) is 3.11. The van der Waals surface area contributed by atoms with Gasteiger partial charge >= 0.3 is 0 Å². The standard InChI is InChI=1S/C17H22N6O/c24-17(21-14-3-4-15-20-7-9-23(15)12-14)13-2-1-8-22(11-13)16-10-18-5-6-19-16/h5-7,9-10,13-14H,1-4,8,11-12H2,(H,21,24)/t13-,14+/m0/s1. The lowest BCUT2D eigenvalue weighted by atomic mass is 9.96. The number of imidazole rings is 1. The van der Waals surface area contributed by atoms with Crippen molar-refractivity contribution in [2.75, 3.05) is 18.0 Å². The number of rotatable bonds is 3. The number of anilines is 1. The minimum absolute atomic E-state index is 0.0185. The van der Waals surface area contributed by atoms with Crippen LogP contribution < -0.4 is 10.2 Å². The van der Waals surface area contributed by atoms with Crippen LogP contribution in [0.25, 0.3) is 0 Å². The molecule has 1 fully saturated rings. The first-order valence-electron chi connectivity index (χ1n) is 8.61. The SMILES string of the molecule is O=C(N[C@@H]1CCc2nccn2C1)[C@H]1CCCN(c2cnccn2)C1. The Bertz CT molecular complexity index is 700. The highest BCUT2D eigenvalue weighted by Gasteiger charge is 2.29. The topological polar surface area (TPSA) is 75.9 Å². The normalized spacial score (nSPS) is 23.6. The van der Waals surface area contributed by atoms with Gasteiger partial charge in [-0.1, -0.05) is 0 Å². The van der Waals surface area contributed by atoms with E-state index in [4.69, 9.17) is 0 Å². The van der Waals surface area contributed by atoms with Crippen molar-refractivity contribution in [2.45, 2.75) is 38.3 Å². The van der Waals surface area contributed by atoms with Crippen LogP contribution in [0.4, 0.5) is 5.82 Å². The maximum Gasteiger partial charge on any atom is 0.225 e. The van der Waals surface area contributed by atoms with Gasteiger partial charge < -0.3 is 14.8 Å². The lowest BCUT2D eigenvalue weighted by molar-refractivity contribution is -0.126. The maximum absolute atomic E-state index is 12.7. The Hall–Kier alpha value is -2.44. The van der Waals surface area contributed by atoms with Gasteiger partial charge in [0.1, 0.15) is 11.6 Å². The van der Waals surface area contributed by atoms with E-state index in [1.807, 2.05) is 12.4 Å². The van der Waals surface area contributed by atoms with Crippen LogP contribution in [0.1, 0.15) is 25.1 Å². The smallest absolute Gasteiger partial charge is 0.225 e. The fourth-order valence-corrected chi connectivity index (χ4v) is 3.66. The number of piperidine rings is 1. The van der Waals surface area contributed by atoms with Crippen LogP contribution in [0.15, 0.2) is 31.0 Å². The predicted octanol–water partition coefficient (Wildman–Crippen LogP) is 1.02. The fraction of sp³-hybridized carbons (Fsp3) is 0.529. The summed E-state index contributed by atoms with van der Waals surface area (Å²) in [4.78, 5) is 27.7. The van der Waals surface area contributed by atoms with Crippen LogP contribution in [-0.4, -0.2) is 44.6 Å². The Balaban J connectivity index is 1.36. The molecule has 7 nitrogen and oxygen atoms in total. The second kappa shape index (κ2) is 6.59. The Morgan fingerprint density at radius 2 is 2.12 bits per heavy atom. The number of carbonyl (C=O) groups excluding carboxylic acids is 1. The van der Waals surface area contributed by atoms with Crippen LogP contribution in [0, 0.1) is 5.92 Å². The zero-order valence-corrected chi connectivity index (χ0v) is 13.6. The van der Waals surface area contributed by atoms with E-state index < -0.39 is 0 Å². The lowest BCUT2D eigenvalue weighted by Crippen LogP contribution is -2.48. The Kier molecular flexibility index (Phi) is 4.15. The summed E-state index contributed by atoms with van der Waals surface area (Å²) in [7, 11) is 0. The molecule has 2 aliphatic heterocycles. The Morgan fingerprint density at radius 3 is 3.00 bits per heavy atom. The molecule has 0 aliphatic carbocycles. The minimum Gasteiger partial charge on any atom is -0.355 e. The molecular weight excluding hydrogens is 304 g/mol. The summed E-state index contributed by atoms with van der Waals surface area (Å²) < 4.78 is 2.14. The third-order valence-electron chi connectivity index (χ3n) is 4.95. The van der Waals surface area contributed by atoms with E-state index in [2.05, 4.69) is 29.7 Å². The predicted molar refractivity (Wildman–Crippen MR) is 89.4 cm³/mol. The molecule has 0 saturated carbocycles.